The Labute approximate surface area is 96.5 Å². The summed E-state index contributed by atoms with van der Waals surface area (Å²) in [6.45, 7) is 10.2. The van der Waals surface area contributed by atoms with Crippen LogP contribution in [0.3, 0.4) is 0 Å². The van der Waals surface area contributed by atoms with Gasteiger partial charge in [-0.05, 0) is 18.8 Å². The first-order valence-electron chi connectivity index (χ1n) is 5.62. The fourth-order valence-electron chi connectivity index (χ4n) is 1.18. The topological polar surface area (TPSA) is 37.8 Å². The Kier molecular flexibility index (Phi) is 3.83. The molecule has 1 N–H and O–H groups in total. The Morgan fingerprint density at radius 1 is 1.38 bits per heavy atom. The number of hydrogen-bond acceptors (Lipinski definition) is 3. The zero-order valence-corrected chi connectivity index (χ0v) is 10.6. The van der Waals surface area contributed by atoms with Crippen LogP contribution in [0.5, 0.6) is 0 Å². The minimum absolute atomic E-state index is 0.0593. The zero-order valence-electron chi connectivity index (χ0n) is 10.6. The number of rotatable bonds is 3. The maximum absolute atomic E-state index is 13.8. The normalized spacial score (nSPS) is 13.6. The molecule has 16 heavy (non-hydrogen) atoms. The van der Waals surface area contributed by atoms with Crippen LogP contribution in [0.25, 0.3) is 0 Å². The molecule has 0 aliphatic heterocycles. The number of aryl methyl sites for hydroxylation is 1. The smallest absolute Gasteiger partial charge is 0.186 e. The summed E-state index contributed by atoms with van der Waals surface area (Å²) in [5.41, 5.74) is 0.516. The van der Waals surface area contributed by atoms with Crippen LogP contribution < -0.4 is 5.32 Å². The fourth-order valence-corrected chi connectivity index (χ4v) is 1.18. The van der Waals surface area contributed by atoms with E-state index in [1.807, 2.05) is 13.8 Å². The molecule has 0 bridgehead atoms. The van der Waals surface area contributed by atoms with Crippen molar-refractivity contribution in [2.24, 2.45) is 5.41 Å². The van der Waals surface area contributed by atoms with Crippen molar-refractivity contribution in [3.63, 3.8) is 0 Å². The average molecular weight is 225 g/mol. The van der Waals surface area contributed by atoms with Crippen LogP contribution in [0.4, 0.5) is 10.2 Å². The molecule has 0 fully saturated rings. The van der Waals surface area contributed by atoms with Crippen LogP contribution in [-0.2, 0) is 6.42 Å². The van der Waals surface area contributed by atoms with Crippen molar-refractivity contribution >= 4 is 5.82 Å². The van der Waals surface area contributed by atoms with Crippen LogP contribution in [0, 0.1) is 11.2 Å². The highest BCUT2D eigenvalue weighted by Gasteiger charge is 2.21. The average Bonchev–Trinajstić information content (AvgIpc) is 2.19. The summed E-state index contributed by atoms with van der Waals surface area (Å²) in [4.78, 5) is 7.84. The highest BCUT2D eigenvalue weighted by atomic mass is 19.1. The lowest BCUT2D eigenvalue weighted by Crippen LogP contribution is -2.31. The number of aromatic nitrogens is 2. The SMILES string of the molecule is CCc1ncnc(NC(C)C(C)(C)C)c1F. The first-order chi connectivity index (χ1) is 7.36. The van der Waals surface area contributed by atoms with Crippen molar-refractivity contribution in [3.05, 3.63) is 17.8 Å². The summed E-state index contributed by atoms with van der Waals surface area (Å²) < 4.78 is 13.8. The number of hydrogen-bond donors (Lipinski definition) is 1. The lowest BCUT2D eigenvalue weighted by atomic mass is 9.88. The van der Waals surface area contributed by atoms with Crippen LogP contribution in [-0.4, -0.2) is 16.0 Å². The predicted octanol–water partition coefficient (Wildman–Crippen LogP) is 3.02. The molecule has 1 aromatic rings. The molecule has 0 aliphatic carbocycles. The van der Waals surface area contributed by atoms with Crippen LogP contribution >= 0.6 is 0 Å². The molecule has 0 amide bonds. The van der Waals surface area contributed by atoms with Gasteiger partial charge in [-0.1, -0.05) is 27.7 Å². The van der Waals surface area contributed by atoms with Gasteiger partial charge in [0.1, 0.15) is 6.33 Å². The fraction of sp³-hybridized carbons (Fsp3) is 0.667. The first-order valence-corrected chi connectivity index (χ1v) is 5.62. The van der Waals surface area contributed by atoms with E-state index in [1.165, 1.54) is 6.33 Å². The van der Waals surface area contributed by atoms with E-state index in [-0.39, 0.29) is 17.3 Å². The molecule has 1 rings (SSSR count). The monoisotopic (exact) mass is 225 g/mol. The second-order valence-electron chi connectivity index (χ2n) is 5.07. The molecule has 1 aromatic heterocycles. The minimum atomic E-state index is -0.332. The second kappa shape index (κ2) is 4.76. The molecule has 0 aromatic carbocycles. The van der Waals surface area contributed by atoms with Gasteiger partial charge in [-0.25, -0.2) is 14.4 Å². The quantitative estimate of drug-likeness (QED) is 0.859. The Hall–Kier alpha value is -1.19. The van der Waals surface area contributed by atoms with E-state index in [2.05, 4.69) is 36.1 Å². The van der Waals surface area contributed by atoms with Crippen molar-refractivity contribution in [1.29, 1.82) is 0 Å². The van der Waals surface area contributed by atoms with Gasteiger partial charge in [0, 0.05) is 6.04 Å². The maximum atomic E-state index is 13.8. The highest BCUT2D eigenvalue weighted by molar-refractivity contribution is 5.38. The third-order valence-corrected chi connectivity index (χ3v) is 2.85. The van der Waals surface area contributed by atoms with Gasteiger partial charge in [-0.2, -0.15) is 0 Å². The minimum Gasteiger partial charge on any atom is -0.365 e. The Morgan fingerprint density at radius 2 is 2.00 bits per heavy atom. The molecule has 3 nitrogen and oxygen atoms in total. The van der Waals surface area contributed by atoms with Crippen LogP contribution in [0.1, 0.15) is 40.3 Å². The molecule has 1 heterocycles. The van der Waals surface area contributed by atoms with E-state index in [4.69, 9.17) is 0 Å². The summed E-state index contributed by atoms with van der Waals surface area (Å²) in [6, 6.07) is 0.140. The van der Waals surface area contributed by atoms with E-state index < -0.39 is 0 Å². The van der Waals surface area contributed by atoms with Gasteiger partial charge in [0.05, 0.1) is 5.69 Å². The van der Waals surface area contributed by atoms with E-state index in [0.717, 1.165) is 0 Å². The van der Waals surface area contributed by atoms with Crippen molar-refractivity contribution in [2.75, 3.05) is 5.32 Å². The van der Waals surface area contributed by atoms with Crippen molar-refractivity contribution < 1.29 is 4.39 Å². The van der Waals surface area contributed by atoms with E-state index in [9.17, 15) is 4.39 Å². The van der Waals surface area contributed by atoms with Gasteiger partial charge < -0.3 is 5.32 Å². The standard InChI is InChI=1S/C12H20FN3/c1-6-9-10(13)11(15-7-14-9)16-8(2)12(3,4)5/h7-8H,6H2,1-5H3,(H,14,15,16). The molecule has 0 saturated carbocycles. The summed E-state index contributed by atoms with van der Waals surface area (Å²) >= 11 is 0. The summed E-state index contributed by atoms with van der Waals surface area (Å²) in [6.07, 6.45) is 1.98. The molecule has 0 aliphatic rings. The third-order valence-electron chi connectivity index (χ3n) is 2.85. The lowest BCUT2D eigenvalue weighted by molar-refractivity contribution is 0.357. The zero-order chi connectivity index (χ0) is 12.3. The summed E-state index contributed by atoms with van der Waals surface area (Å²) in [5, 5.41) is 3.10. The maximum Gasteiger partial charge on any atom is 0.186 e. The van der Waals surface area contributed by atoms with Gasteiger partial charge >= 0.3 is 0 Å². The van der Waals surface area contributed by atoms with Crippen LogP contribution in [0.2, 0.25) is 0 Å². The predicted molar refractivity (Wildman–Crippen MR) is 63.9 cm³/mol. The first kappa shape index (κ1) is 12.9. The Bertz CT molecular complexity index is 358. The summed E-state index contributed by atoms with van der Waals surface area (Å²) in [7, 11) is 0. The molecular weight excluding hydrogens is 205 g/mol. The Morgan fingerprint density at radius 3 is 2.50 bits per heavy atom. The molecule has 4 heteroatoms. The van der Waals surface area contributed by atoms with Gasteiger partial charge in [-0.15, -0.1) is 0 Å². The summed E-state index contributed by atoms with van der Waals surface area (Å²) in [5.74, 6) is -0.0321. The third kappa shape index (κ3) is 2.90. The molecule has 0 radical (unpaired) electrons. The van der Waals surface area contributed by atoms with Gasteiger partial charge in [0.2, 0.25) is 0 Å². The van der Waals surface area contributed by atoms with E-state index in [0.29, 0.717) is 17.9 Å². The lowest BCUT2D eigenvalue weighted by Gasteiger charge is -2.28. The van der Waals surface area contributed by atoms with E-state index >= 15 is 0 Å². The van der Waals surface area contributed by atoms with Gasteiger partial charge in [-0.3, -0.25) is 0 Å². The molecule has 0 saturated heterocycles. The van der Waals surface area contributed by atoms with Crippen molar-refractivity contribution in [2.45, 2.75) is 47.1 Å². The molecular formula is C12H20FN3. The van der Waals surface area contributed by atoms with Crippen molar-refractivity contribution in [1.82, 2.24) is 9.97 Å². The van der Waals surface area contributed by atoms with Crippen LogP contribution in [0.15, 0.2) is 6.33 Å². The highest BCUT2D eigenvalue weighted by Crippen LogP contribution is 2.23. The van der Waals surface area contributed by atoms with E-state index in [1.54, 1.807) is 0 Å². The number of halogens is 1. The number of nitrogens with zero attached hydrogens (tertiary/aromatic N) is 2. The van der Waals surface area contributed by atoms with Gasteiger partial charge in [0.25, 0.3) is 0 Å². The molecule has 1 unspecified atom stereocenters. The molecule has 90 valence electrons. The Balaban J connectivity index is 2.90. The largest absolute Gasteiger partial charge is 0.365 e. The number of nitrogens with one attached hydrogen (secondary N) is 1. The van der Waals surface area contributed by atoms with Gasteiger partial charge in [0.15, 0.2) is 11.6 Å². The van der Waals surface area contributed by atoms with Crippen molar-refractivity contribution in [3.8, 4) is 0 Å². The molecule has 1 atom stereocenters. The number of anilines is 1. The molecule has 0 spiro atoms. The second-order valence-corrected chi connectivity index (χ2v) is 5.07.